The first-order valence-electron chi connectivity index (χ1n) is 27.8. The molecule has 2 aliphatic heterocycles. The Bertz CT molecular complexity index is 1570. The Kier molecular flexibility index (Phi) is 40.8. The van der Waals surface area contributed by atoms with Gasteiger partial charge in [-0.25, -0.2) is 0 Å². The van der Waals surface area contributed by atoms with E-state index in [4.69, 9.17) is 28.4 Å². The van der Waals surface area contributed by atoms with Crippen LogP contribution in [0.5, 0.6) is 0 Å². The highest BCUT2D eigenvalue weighted by molar-refractivity contribution is 5.69. The number of unbranched alkanes of at least 4 members (excludes halogenated alkanes) is 13. The first kappa shape index (κ1) is 66.0. The second kappa shape index (κ2) is 45.1. The van der Waals surface area contributed by atoms with Crippen LogP contribution in [-0.4, -0.2) is 142 Å². The Morgan fingerprint density at radius 1 is 0.452 bits per heavy atom. The van der Waals surface area contributed by atoms with E-state index < -0.39 is 86.7 Å². The molecule has 0 amide bonds. The van der Waals surface area contributed by atoms with Gasteiger partial charge in [0.2, 0.25) is 0 Å². The minimum atomic E-state index is -1.72. The summed E-state index contributed by atoms with van der Waals surface area (Å²) < 4.78 is 34.3. The van der Waals surface area contributed by atoms with E-state index in [2.05, 4.69) is 111 Å². The third-order valence-corrected chi connectivity index (χ3v) is 12.6. The first-order valence-corrected chi connectivity index (χ1v) is 27.8. The van der Waals surface area contributed by atoms with Crippen LogP contribution in [0.25, 0.3) is 0 Å². The summed E-state index contributed by atoms with van der Waals surface area (Å²) >= 11 is 0. The van der Waals surface area contributed by atoms with Gasteiger partial charge in [0.1, 0.15) is 54.9 Å². The number of carbonyl (C=O) groups is 1. The van der Waals surface area contributed by atoms with Crippen molar-refractivity contribution in [3.05, 3.63) is 97.2 Å². The molecule has 7 N–H and O–H groups in total. The lowest BCUT2D eigenvalue weighted by atomic mass is 9.98. The molecule has 0 aromatic rings. The normalized spacial score (nSPS) is 25.7. The van der Waals surface area contributed by atoms with Crippen LogP contribution in [0.2, 0.25) is 0 Å². The second-order valence-electron chi connectivity index (χ2n) is 19.0. The van der Waals surface area contributed by atoms with E-state index in [1.54, 1.807) is 0 Å². The summed E-state index contributed by atoms with van der Waals surface area (Å²) in [6.45, 7) is 3.40. The van der Waals surface area contributed by atoms with Crippen LogP contribution < -0.4 is 0 Å². The quantitative estimate of drug-likeness (QED) is 0.0172. The zero-order valence-corrected chi connectivity index (χ0v) is 44.6. The number of rotatable bonds is 43. The Hall–Kier alpha value is -3.09. The van der Waals surface area contributed by atoms with Gasteiger partial charge in [-0.05, 0) is 89.9 Å². The topological polar surface area (TPSA) is 214 Å². The molecule has 11 atom stereocenters. The Balaban J connectivity index is 1.75. The summed E-state index contributed by atoms with van der Waals surface area (Å²) in [5, 5.41) is 72.3. The smallest absolute Gasteiger partial charge is 0.306 e. The van der Waals surface area contributed by atoms with Gasteiger partial charge in [-0.1, -0.05) is 169 Å². The van der Waals surface area contributed by atoms with Gasteiger partial charge in [-0.15, -0.1) is 0 Å². The molecule has 0 aliphatic carbocycles. The number of ether oxygens (including phenoxy) is 6. The van der Waals surface area contributed by atoms with Gasteiger partial charge < -0.3 is 64.2 Å². The zero-order valence-electron chi connectivity index (χ0n) is 44.6. The van der Waals surface area contributed by atoms with Crippen LogP contribution in [0.4, 0.5) is 0 Å². The van der Waals surface area contributed by atoms with Crippen molar-refractivity contribution in [3.63, 3.8) is 0 Å². The van der Waals surface area contributed by atoms with E-state index in [1.807, 2.05) is 0 Å². The Morgan fingerprint density at radius 2 is 0.849 bits per heavy atom. The summed E-state index contributed by atoms with van der Waals surface area (Å²) in [6.07, 6.45) is 43.1. The van der Waals surface area contributed by atoms with Gasteiger partial charge >= 0.3 is 5.97 Å². The van der Waals surface area contributed by atoms with E-state index in [1.165, 1.54) is 32.1 Å². The van der Waals surface area contributed by atoms with Crippen molar-refractivity contribution >= 4 is 5.97 Å². The van der Waals surface area contributed by atoms with Gasteiger partial charge in [-0.2, -0.15) is 0 Å². The van der Waals surface area contributed by atoms with E-state index in [9.17, 15) is 40.5 Å². The summed E-state index contributed by atoms with van der Waals surface area (Å²) in [5.74, 6) is -0.401. The average Bonchev–Trinajstić information content (AvgIpc) is 3.39. The van der Waals surface area contributed by atoms with Crippen molar-refractivity contribution in [2.24, 2.45) is 0 Å². The van der Waals surface area contributed by atoms with Crippen molar-refractivity contribution < 1.29 is 69.0 Å². The van der Waals surface area contributed by atoms with Crippen LogP contribution in [-0.2, 0) is 33.2 Å². The fourth-order valence-corrected chi connectivity index (χ4v) is 8.15. The number of allylic oxidation sites excluding steroid dienone is 16. The van der Waals surface area contributed by atoms with Crippen molar-refractivity contribution in [1.29, 1.82) is 0 Å². The van der Waals surface area contributed by atoms with Crippen LogP contribution in [0.15, 0.2) is 97.2 Å². The number of aliphatic hydroxyl groups excluding tert-OH is 7. The van der Waals surface area contributed by atoms with Crippen LogP contribution >= 0.6 is 0 Å². The summed E-state index contributed by atoms with van der Waals surface area (Å²) in [4.78, 5) is 13.1. The molecule has 0 spiro atoms. The lowest BCUT2D eigenvalue weighted by Crippen LogP contribution is -2.61. The van der Waals surface area contributed by atoms with Crippen molar-refractivity contribution in [3.8, 4) is 0 Å². The highest BCUT2D eigenvalue weighted by atomic mass is 16.7. The highest BCUT2D eigenvalue weighted by Crippen LogP contribution is 2.26. The summed E-state index contributed by atoms with van der Waals surface area (Å²) in [6, 6.07) is 0. The Labute approximate surface area is 439 Å². The maximum atomic E-state index is 13.1. The molecule has 73 heavy (non-hydrogen) atoms. The molecule has 11 unspecified atom stereocenters. The molecule has 14 nitrogen and oxygen atoms in total. The lowest BCUT2D eigenvalue weighted by Gasteiger charge is -2.42. The fraction of sp³-hybridized carbons (Fsp3) is 0.712. The molecule has 2 heterocycles. The van der Waals surface area contributed by atoms with E-state index in [-0.39, 0.29) is 19.6 Å². The van der Waals surface area contributed by atoms with E-state index in [0.717, 1.165) is 109 Å². The molecule has 14 heteroatoms. The van der Waals surface area contributed by atoms with Crippen LogP contribution in [0, 0.1) is 0 Å². The predicted octanol–water partition coefficient (Wildman–Crippen LogP) is 9.41. The molecule has 2 saturated heterocycles. The third-order valence-electron chi connectivity index (χ3n) is 12.6. The molecule has 0 saturated carbocycles. The van der Waals surface area contributed by atoms with Crippen molar-refractivity contribution in [2.75, 3.05) is 33.0 Å². The monoisotopic (exact) mass is 1030 g/mol. The van der Waals surface area contributed by atoms with E-state index in [0.29, 0.717) is 13.0 Å². The van der Waals surface area contributed by atoms with Crippen LogP contribution in [0.3, 0.4) is 0 Å². The summed E-state index contributed by atoms with van der Waals surface area (Å²) in [7, 11) is 0. The molecule has 0 aromatic heterocycles. The number of hydrogen-bond donors (Lipinski definition) is 7. The maximum absolute atomic E-state index is 13.1. The lowest BCUT2D eigenvalue weighted by molar-refractivity contribution is -0.332. The van der Waals surface area contributed by atoms with Gasteiger partial charge in [-0.3, -0.25) is 4.79 Å². The van der Waals surface area contributed by atoms with Crippen molar-refractivity contribution in [1.82, 2.24) is 0 Å². The van der Waals surface area contributed by atoms with Gasteiger partial charge in [0.15, 0.2) is 12.6 Å². The molecule has 2 fully saturated rings. The van der Waals surface area contributed by atoms with Gasteiger partial charge in [0.05, 0.1) is 26.4 Å². The molecule has 0 radical (unpaired) electrons. The molecule has 418 valence electrons. The van der Waals surface area contributed by atoms with Gasteiger partial charge in [0, 0.05) is 13.0 Å². The minimum absolute atomic E-state index is 0.0419. The average molecular weight is 1030 g/mol. The summed E-state index contributed by atoms with van der Waals surface area (Å²) in [5.41, 5.74) is 0. The largest absolute Gasteiger partial charge is 0.457 e. The first-order chi connectivity index (χ1) is 35.6. The molecule has 0 aromatic carbocycles. The number of esters is 1. The van der Waals surface area contributed by atoms with Gasteiger partial charge in [0.25, 0.3) is 0 Å². The minimum Gasteiger partial charge on any atom is -0.457 e. The fourth-order valence-electron chi connectivity index (χ4n) is 8.15. The van der Waals surface area contributed by atoms with Crippen LogP contribution in [0.1, 0.15) is 168 Å². The molecule has 2 aliphatic rings. The highest BCUT2D eigenvalue weighted by Gasteiger charge is 2.47. The van der Waals surface area contributed by atoms with Crippen molar-refractivity contribution in [2.45, 2.75) is 235 Å². The molecular formula is C59H98O14. The maximum Gasteiger partial charge on any atom is 0.306 e. The van der Waals surface area contributed by atoms with E-state index >= 15 is 0 Å². The SMILES string of the molecule is CC/C=C\C/C=C\C/C=C\C/C=C\C/C=C\CCCCCCCC(=O)OC(COCCCCCCCCCC/C=C\C/C=C\C/C=C\CC)COC1OC(COC2OC(CO)C(O)C(O)C2O)C(O)C(O)C1O. The molecule has 0 bridgehead atoms. The number of aliphatic hydroxyl groups is 7. The number of hydrogen-bond acceptors (Lipinski definition) is 14. The standard InChI is InChI=1S/C59H98O14/c1-3-5-7-9-11-13-15-17-19-21-23-24-25-26-28-30-32-34-36-38-40-42-51(61)71-48(45-68-43-41-39-37-35-33-31-29-27-22-20-18-16-14-12-10-8-6-4-2)46-69-58-57(67)55(65)53(63)50(73-58)47-70-59-56(66)54(64)52(62)49(44-60)72-59/h5-8,11-14,17-20,23-24,26,28,48-50,52-60,62-67H,3-4,9-10,15-16,21-22,25,27,29-47H2,1-2H3/b7-5-,8-6-,13-11-,14-12-,19-17-,20-18-,24-23-,28-26-. The second-order valence-corrected chi connectivity index (χ2v) is 19.0. The zero-order chi connectivity index (χ0) is 53.0. The number of carbonyl (C=O) groups excluding carboxylic acids is 1. The molecular weight excluding hydrogens is 933 g/mol. The Morgan fingerprint density at radius 3 is 1.33 bits per heavy atom. The third kappa shape index (κ3) is 32.2. The molecule has 2 rings (SSSR count). The predicted molar refractivity (Wildman–Crippen MR) is 288 cm³/mol.